The molecule has 6 heteroatoms. The van der Waals surface area contributed by atoms with Crippen molar-refractivity contribution in [2.24, 2.45) is 5.73 Å². The van der Waals surface area contributed by atoms with E-state index in [-0.39, 0.29) is 31.0 Å². The van der Waals surface area contributed by atoms with E-state index in [1.54, 1.807) is 0 Å². The van der Waals surface area contributed by atoms with Crippen molar-refractivity contribution >= 4 is 18.3 Å². The number of rotatable bonds is 6. The summed E-state index contributed by atoms with van der Waals surface area (Å²) in [5, 5.41) is 0. The fraction of sp³-hybridized carbons (Fsp3) is 0.562. The molecule has 1 amide bonds. The third kappa shape index (κ3) is 5.07. The molecular weight excluding hydrogens is 304 g/mol. The zero-order valence-corrected chi connectivity index (χ0v) is 13.8. The molecule has 1 atom stereocenters. The van der Waals surface area contributed by atoms with Gasteiger partial charge in [0.25, 0.3) is 5.91 Å². The normalized spacial score (nSPS) is 17.5. The predicted octanol–water partition coefficient (Wildman–Crippen LogP) is 2.23. The number of carbonyl (C=O) groups is 1. The Balaban J connectivity index is 0.00000242. The standard InChI is InChI=1S/C16H24N2O3.ClH/c1-2-20-14-6-8-15(9-7-14)21-12-16(19)18-10-4-3-5-13(18)11-17;/h6-9,13H,2-5,10-12,17H2,1H3;1H. The molecule has 124 valence electrons. The lowest BCUT2D eigenvalue weighted by molar-refractivity contribution is -0.136. The fourth-order valence-corrected chi connectivity index (χ4v) is 2.60. The van der Waals surface area contributed by atoms with Crippen molar-refractivity contribution in [3.8, 4) is 11.5 Å². The topological polar surface area (TPSA) is 64.8 Å². The Morgan fingerprint density at radius 1 is 1.23 bits per heavy atom. The van der Waals surface area contributed by atoms with Gasteiger partial charge < -0.3 is 20.1 Å². The molecule has 22 heavy (non-hydrogen) atoms. The van der Waals surface area contributed by atoms with Crippen LogP contribution in [-0.2, 0) is 4.79 Å². The van der Waals surface area contributed by atoms with Gasteiger partial charge in [-0.15, -0.1) is 12.4 Å². The second kappa shape index (κ2) is 9.54. The quantitative estimate of drug-likeness (QED) is 0.869. The maximum absolute atomic E-state index is 12.2. The Bertz CT molecular complexity index is 453. The molecule has 1 aliphatic heterocycles. The first kappa shape index (κ1) is 18.6. The van der Waals surface area contributed by atoms with Crippen LogP contribution >= 0.6 is 12.4 Å². The molecule has 1 saturated heterocycles. The van der Waals surface area contributed by atoms with Gasteiger partial charge in [-0.1, -0.05) is 0 Å². The molecule has 0 aliphatic carbocycles. The maximum atomic E-state index is 12.2. The molecule has 1 aromatic rings. The second-order valence-electron chi connectivity index (χ2n) is 5.17. The van der Waals surface area contributed by atoms with Crippen molar-refractivity contribution in [1.82, 2.24) is 4.90 Å². The van der Waals surface area contributed by atoms with Gasteiger partial charge in [-0.25, -0.2) is 0 Å². The van der Waals surface area contributed by atoms with Crippen molar-refractivity contribution in [3.63, 3.8) is 0 Å². The van der Waals surface area contributed by atoms with Crippen LogP contribution in [-0.4, -0.2) is 43.2 Å². The molecular formula is C16H25ClN2O3. The van der Waals surface area contributed by atoms with Crippen LogP contribution in [0.25, 0.3) is 0 Å². The smallest absolute Gasteiger partial charge is 0.260 e. The predicted molar refractivity (Wildman–Crippen MR) is 88.8 cm³/mol. The zero-order valence-electron chi connectivity index (χ0n) is 13.0. The van der Waals surface area contributed by atoms with Gasteiger partial charge in [-0.3, -0.25) is 4.79 Å². The van der Waals surface area contributed by atoms with Crippen molar-refractivity contribution in [3.05, 3.63) is 24.3 Å². The van der Waals surface area contributed by atoms with Crippen LogP contribution in [0.2, 0.25) is 0 Å². The van der Waals surface area contributed by atoms with Gasteiger partial charge in [0.1, 0.15) is 11.5 Å². The first-order valence-electron chi connectivity index (χ1n) is 7.59. The van der Waals surface area contributed by atoms with Crippen molar-refractivity contribution in [1.29, 1.82) is 0 Å². The third-order valence-electron chi connectivity index (χ3n) is 3.72. The van der Waals surface area contributed by atoms with Crippen LogP contribution in [0.15, 0.2) is 24.3 Å². The molecule has 1 aliphatic rings. The van der Waals surface area contributed by atoms with Crippen molar-refractivity contribution < 1.29 is 14.3 Å². The molecule has 1 unspecified atom stereocenters. The van der Waals surface area contributed by atoms with Gasteiger partial charge >= 0.3 is 0 Å². The second-order valence-corrected chi connectivity index (χ2v) is 5.17. The van der Waals surface area contributed by atoms with Crippen LogP contribution in [0, 0.1) is 0 Å². The number of hydrogen-bond donors (Lipinski definition) is 1. The van der Waals surface area contributed by atoms with E-state index >= 15 is 0 Å². The number of benzene rings is 1. The van der Waals surface area contributed by atoms with E-state index in [0.717, 1.165) is 31.6 Å². The van der Waals surface area contributed by atoms with E-state index in [0.29, 0.717) is 18.9 Å². The van der Waals surface area contributed by atoms with Gasteiger partial charge in [0.2, 0.25) is 0 Å². The minimum absolute atomic E-state index is 0. The first-order valence-corrected chi connectivity index (χ1v) is 7.59. The Kier molecular flexibility index (Phi) is 8.06. The van der Waals surface area contributed by atoms with Gasteiger partial charge in [0.05, 0.1) is 6.61 Å². The summed E-state index contributed by atoms with van der Waals surface area (Å²) in [6, 6.07) is 7.47. The lowest BCUT2D eigenvalue weighted by Gasteiger charge is -2.34. The van der Waals surface area contributed by atoms with E-state index < -0.39 is 0 Å². The molecule has 2 rings (SSSR count). The highest BCUT2D eigenvalue weighted by Crippen LogP contribution is 2.19. The van der Waals surface area contributed by atoms with Crippen LogP contribution in [0.3, 0.4) is 0 Å². The molecule has 1 heterocycles. The number of hydrogen-bond acceptors (Lipinski definition) is 4. The van der Waals surface area contributed by atoms with Crippen LogP contribution in [0.4, 0.5) is 0 Å². The molecule has 1 aromatic carbocycles. The number of nitrogens with two attached hydrogens (primary N) is 1. The summed E-state index contributed by atoms with van der Waals surface area (Å²) in [6.07, 6.45) is 3.18. The monoisotopic (exact) mass is 328 g/mol. The van der Waals surface area contributed by atoms with E-state index in [2.05, 4.69) is 0 Å². The molecule has 0 radical (unpaired) electrons. The van der Waals surface area contributed by atoms with Crippen LogP contribution in [0.5, 0.6) is 11.5 Å². The minimum atomic E-state index is 0. The van der Waals surface area contributed by atoms with Gasteiger partial charge in [-0.2, -0.15) is 0 Å². The van der Waals surface area contributed by atoms with E-state index in [1.165, 1.54) is 0 Å². The number of likely N-dealkylation sites (tertiary alicyclic amines) is 1. The molecule has 1 fully saturated rings. The first-order chi connectivity index (χ1) is 10.2. The molecule has 0 aromatic heterocycles. The lowest BCUT2D eigenvalue weighted by atomic mass is 10.0. The van der Waals surface area contributed by atoms with Crippen LogP contribution < -0.4 is 15.2 Å². The number of ether oxygens (including phenoxy) is 2. The van der Waals surface area contributed by atoms with E-state index in [4.69, 9.17) is 15.2 Å². The largest absolute Gasteiger partial charge is 0.494 e. The van der Waals surface area contributed by atoms with Gasteiger partial charge in [0.15, 0.2) is 6.61 Å². The molecule has 0 saturated carbocycles. The summed E-state index contributed by atoms with van der Waals surface area (Å²) in [6.45, 7) is 3.94. The SMILES string of the molecule is CCOc1ccc(OCC(=O)N2CCCCC2CN)cc1.Cl. The fourth-order valence-electron chi connectivity index (χ4n) is 2.60. The average molecular weight is 329 g/mol. The van der Waals surface area contributed by atoms with Gasteiger partial charge in [-0.05, 0) is 50.5 Å². The summed E-state index contributed by atoms with van der Waals surface area (Å²) in [5.74, 6) is 1.49. The highest BCUT2D eigenvalue weighted by molar-refractivity contribution is 5.85. The summed E-state index contributed by atoms with van der Waals surface area (Å²) in [4.78, 5) is 14.1. The van der Waals surface area contributed by atoms with E-state index in [9.17, 15) is 4.79 Å². The molecule has 0 spiro atoms. The summed E-state index contributed by atoms with van der Waals surface area (Å²) in [7, 11) is 0. The summed E-state index contributed by atoms with van der Waals surface area (Å²) < 4.78 is 10.9. The number of halogens is 1. The Hall–Kier alpha value is -1.46. The van der Waals surface area contributed by atoms with Crippen molar-refractivity contribution in [2.75, 3.05) is 26.3 Å². The van der Waals surface area contributed by atoms with Crippen LogP contribution in [0.1, 0.15) is 26.2 Å². The molecule has 5 nitrogen and oxygen atoms in total. The summed E-state index contributed by atoms with van der Waals surface area (Å²) >= 11 is 0. The highest BCUT2D eigenvalue weighted by Gasteiger charge is 2.25. The highest BCUT2D eigenvalue weighted by atomic mass is 35.5. The average Bonchev–Trinajstić information content (AvgIpc) is 2.54. The minimum Gasteiger partial charge on any atom is -0.494 e. The van der Waals surface area contributed by atoms with E-state index in [1.807, 2.05) is 36.1 Å². The Morgan fingerprint density at radius 2 is 1.86 bits per heavy atom. The summed E-state index contributed by atoms with van der Waals surface area (Å²) in [5.41, 5.74) is 5.74. The number of nitrogens with zero attached hydrogens (tertiary/aromatic N) is 1. The molecule has 0 bridgehead atoms. The number of amides is 1. The van der Waals surface area contributed by atoms with Gasteiger partial charge in [0, 0.05) is 19.1 Å². The maximum Gasteiger partial charge on any atom is 0.260 e. The Morgan fingerprint density at radius 3 is 2.45 bits per heavy atom. The third-order valence-corrected chi connectivity index (χ3v) is 3.72. The molecule has 2 N–H and O–H groups in total. The lowest BCUT2D eigenvalue weighted by Crippen LogP contribution is -2.49. The Labute approximate surface area is 138 Å². The number of piperidine rings is 1. The number of carbonyl (C=O) groups excluding carboxylic acids is 1. The van der Waals surface area contributed by atoms with Crippen molar-refractivity contribution in [2.45, 2.75) is 32.2 Å². The zero-order chi connectivity index (χ0) is 15.1.